The van der Waals surface area contributed by atoms with Crippen molar-refractivity contribution in [3.63, 3.8) is 0 Å². The van der Waals surface area contributed by atoms with Crippen LogP contribution in [0.2, 0.25) is 0 Å². The lowest BCUT2D eigenvalue weighted by atomic mass is 9.92. The summed E-state index contributed by atoms with van der Waals surface area (Å²) >= 11 is 0. The molecule has 1 aliphatic carbocycles. The SMILES string of the molecule is CCCCCCCCC1/C(=C/CCCCCC(=O)O)C(=O)CC1O. The molecule has 0 radical (unpaired) electrons. The van der Waals surface area contributed by atoms with Gasteiger partial charge >= 0.3 is 5.97 Å². The van der Waals surface area contributed by atoms with Gasteiger partial charge in [-0.25, -0.2) is 0 Å². The van der Waals surface area contributed by atoms with Crippen molar-refractivity contribution >= 4 is 11.8 Å². The van der Waals surface area contributed by atoms with E-state index >= 15 is 0 Å². The molecule has 0 bridgehead atoms. The molecule has 2 N–H and O–H groups in total. The number of ketones is 1. The van der Waals surface area contributed by atoms with Crippen LogP contribution >= 0.6 is 0 Å². The number of carboxylic acids is 1. The second kappa shape index (κ2) is 12.2. The highest BCUT2D eigenvalue weighted by molar-refractivity contribution is 5.98. The van der Waals surface area contributed by atoms with E-state index in [1.54, 1.807) is 0 Å². The number of aliphatic hydroxyl groups excluding tert-OH is 1. The van der Waals surface area contributed by atoms with Crippen LogP contribution in [0, 0.1) is 5.92 Å². The summed E-state index contributed by atoms with van der Waals surface area (Å²) in [7, 11) is 0. The van der Waals surface area contributed by atoms with Crippen LogP contribution in [-0.2, 0) is 9.59 Å². The number of hydrogen-bond donors (Lipinski definition) is 2. The Balaban J connectivity index is 2.31. The van der Waals surface area contributed by atoms with Crippen LogP contribution < -0.4 is 0 Å². The van der Waals surface area contributed by atoms with Crippen LogP contribution in [0.15, 0.2) is 11.6 Å². The van der Waals surface area contributed by atoms with Crippen molar-refractivity contribution in [2.45, 2.75) is 96.5 Å². The van der Waals surface area contributed by atoms with Crippen molar-refractivity contribution in [3.8, 4) is 0 Å². The van der Waals surface area contributed by atoms with Crippen molar-refractivity contribution in [1.82, 2.24) is 0 Å². The molecule has 0 spiro atoms. The first-order valence-corrected chi connectivity index (χ1v) is 9.69. The van der Waals surface area contributed by atoms with Gasteiger partial charge in [0.15, 0.2) is 5.78 Å². The number of hydrogen-bond acceptors (Lipinski definition) is 3. The number of aliphatic carboxylic acids is 1. The minimum atomic E-state index is -0.749. The number of unbranched alkanes of at least 4 members (excludes halogenated alkanes) is 8. The predicted molar refractivity (Wildman–Crippen MR) is 95.9 cm³/mol. The Morgan fingerprint density at radius 1 is 1.08 bits per heavy atom. The van der Waals surface area contributed by atoms with Gasteiger partial charge in [-0.05, 0) is 31.3 Å². The Morgan fingerprint density at radius 2 is 1.75 bits per heavy atom. The Bertz CT molecular complexity index is 414. The third kappa shape index (κ3) is 8.09. The second-order valence-corrected chi connectivity index (χ2v) is 7.01. The summed E-state index contributed by atoms with van der Waals surface area (Å²) in [5.41, 5.74) is 0.828. The lowest BCUT2D eigenvalue weighted by Gasteiger charge is -2.15. The Kier molecular flexibility index (Phi) is 10.6. The lowest BCUT2D eigenvalue weighted by Crippen LogP contribution is -2.14. The fourth-order valence-electron chi connectivity index (χ4n) is 3.48. The zero-order valence-corrected chi connectivity index (χ0v) is 15.1. The number of Topliss-reactive ketones (excluding diaryl/α,β-unsaturated/α-hetero) is 1. The fourth-order valence-corrected chi connectivity index (χ4v) is 3.48. The predicted octanol–water partition coefficient (Wildman–Crippen LogP) is 4.65. The molecule has 0 aliphatic heterocycles. The summed E-state index contributed by atoms with van der Waals surface area (Å²) < 4.78 is 0. The van der Waals surface area contributed by atoms with E-state index in [9.17, 15) is 14.7 Å². The maximum Gasteiger partial charge on any atom is 0.303 e. The van der Waals surface area contributed by atoms with Crippen molar-refractivity contribution in [2.75, 3.05) is 0 Å². The van der Waals surface area contributed by atoms with Crippen molar-refractivity contribution in [3.05, 3.63) is 11.6 Å². The molecule has 24 heavy (non-hydrogen) atoms. The molecule has 1 fully saturated rings. The highest BCUT2D eigenvalue weighted by Gasteiger charge is 2.35. The highest BCUT2D eigenvalue weighted by Crippen LogP contribution is 2.33. The average Bonchev–Trinajstić information content (AvgIpc) is 2.80. The van der Waals surface area contributed by atoms with Crippen LogP contribution in [-0.4, -0.2) is 28.1 Å². The van der Waals surface area contributed by atoms with E-state index in [0.29, 0.717) is 6.42 Å². The molecular weight excluding hydrogens is 304 g/mol. The van der Waals surface area contributed by atoms with Gasteiger partial charge in [0.1, 0.15) is 0 Å². The van der Waals surface area contributed by atoms with Gasteiger partial charge in [0.25, 0.3) is 0 Å². The minimum absolute atomic E-state index is 0.0164. The first-order chi connectivity index (χ1) is 11.6. The summed E-state index contributed by atoms with van der Waals surface area (Å²) in [4.78, 5) is 22.5. The zero-order valence-electron chi connectivity index (χ0n) is 15.1. The molecule has 1 saturated carbocycles. The van der Waals surface area contributed by atoms with Gasteiger partial charge in [0, 0.05) is 18.8 Å². The lowest BCUT2D eigenvalue weighted by molar-refractivity contribution is -0.137. The molecule has 4 nitrogen and oxygen atoms in total. The molecular formula is C20H34O4. The molecule has 2 unspecified atom stereocenters. The van der Waals surface area contributed by atoms with E-state index in [0.717, 1.165) is 37.7 Å². The largest absolute Gasteiger partial charge is 0.481 e. The maximum atomic E-state index is 12.1. The van der Waals surface area contributed by atoms with Crippen molar-refractivity contribution in [1.29, 1.82) is 0 Å². The van der Waals surface area contributed by atoms with Crippen molar-refractivity contribution < 1.29 is 19.8 Å². The number of carbonyl (C=O) groups excluding carboxylic acids is 1. The normalized spacial score (nSPS) is 22.4. The zero-order chi connectivity index (χ0) is 17.8. The van der Waals surface area contributed by atoms with Gasteiger partial charge in [-0.15, -0.1) is 0 Å². The van der Waals surface area contributed by atoms with Crippen LogP contribution in [0.5, 0.6) is 0 Å². The van der Waals surface area contributed by atoms with E-state index in [2.05, 4.69) is 6.92 Å². The molecule has 1 aliphatic rings. The molecule has 138 valence electrons. The molecule has 0 amide bonds. The molecule has 4 heteroatoms. The fraction of sp³-hybridized carbons (Fsp3) is 0.800. The maximum absolute atomic E-state index is 12.1. The molecule has 1 rings (SSSR count). The minimum Gasteiger partial charge on any atom is -0.481 e. The summed E-state index contributed by atoms with van der Waals surface area (Å²) in [6.07, 6.45) is 13.5. The second-order valence-electron chi connectivity index (χ2n) is 7.01. The van der Waals surface area contributed by atoms with Gasteiger partial charge in [0.05, 0.1) is 6.10 Å². The van der Waals surface area contributed by atoms with Crippen LogP contribution in [0.25, 0.3) is 0 Å². The van der Waals surface area contributed by atoms with Crippen LogP contribution in [0.1, 0.15) is 90.4 Å². The Morgan fingerprint density at radius 3 is 2.46 bits per heavy atom. The third-order valence-electron chi connectivity index (χ3n) is 4.91. The van der Waals surface area contributed by atoms with Gasteiger partial charge in [0.2, 0.25) is 0 Å². The van der Waals surface area contributed by atoms with E-state index in [1.165, 1.54) is 32.1 Å². The number of carboxylic acid groups (broad SMARTS) is 1. The van der Waals surface area contributed by atoms with Gasteiger partial charge < -0.3 is 10.2 Å². The average molecular weight is 338 g/mol. The highest BCUT2D eigenvalue weighted by atomic mass is 16.4. The molecule has 0 heterocycles. The van der Waals surface area contributed by atoms with E-state index in [-0.39, 0.29) is 24.5 Å². The molecule has 2 atom stereocenters. The molecule has 0 aromatic heterocycles. The van der Waals surface area contributed by atoms with Gasteiger partial charge in [-0.3, -0.25) is 9.59 Å². The standard InChI is InChI=1S/C20H34O4/c1-2-3-4-5-6-9-12-16-17(19(22)15-18(16)21)13-10-7-8-11-14-20(23)24/h13,16,18,21H,2-12,14-15H2,1H3,(H,23,24)/b17-13-. The smallest absolute Gasteiger partial charge is 0.303 e. The van der Waals surface area contributed by atoms with Crippen molar-refractivity contribution in [2.24, 2.45) is 5.92 Å². The number of carbonyl (C=O) groups is 2. The summed E-state index contributed by atoms with van der Waals surface area (Å²) in [6, 6.07) is 0. The summed E-state index contributed by atoms with van der Waals surface area (Å²) in [6.45, 7) is 2.21. The summed E-state index contributed by atoms with van der Waals surface area (Å²) in [5, 5.41) is 18.8. The van der Waals surface area contributed by atoms with Crippen LogP contribution in [0.4, 0.5) is 0 Å². The summed E-state index contributed by atoms with van der Waals surface area (Å²) in [5.74, 6) is -0.631. The quantitative estimate of drug-likeness (QED) is 0.379. The number of aliphatic hydroxyl groups is 1. The first kappa shape index (κ1) is 20.9. The molecule has 0 aromatic rings. The first-order valence-electron chi connectivity index (χ1n) is 9.69. The third-order valence-corrected chi connectivity index (χ3v) is 4.91. The van der Waals surface area contributed by atoms with E-state index < -0.39 is 12.1 Å². The Labute approximate surface area is 146 Å². The van der Waals surface area contributed by atoms with E-state index in [4.69, 9.17) is 5.11 Å². The van der Waals surface area contributed by atoms with Crippen LogP contribution in [0.3, 0.4) is 0 Å². The number of rotatable bonds is 13. The van der Waals surface area contributed by atoms with Gasteiger partial charge in [-0.1, -0.05) is 57.9 Å². The topological polar surface area (TPSA) is 74.6 Å². The molecule has 0 saturated heterocycles. The Hall–Kier alpha value is -1.16. The molecule has 0 aromatic carbocycles. The monoisotopic (exact) mass is 338 g/mol. The van der Waals surface area contributed by atoms with Gasteiger partial charge in [-0.2, -0.15) is 0 Å². The number of allylic oxidation sites excluding steroid dienone is 1. The van der Waals surface area contributed by atoms with E-state index in [1.807, 2.05) is 6.08 Å².